The van der Waals surface area contributed by atoms with Crippen LogP contribution in [0.15, 0.2) is 36.4 Å². The molecule has 2 saturated heterocycles. The average Bonchev–Trinajstić information content (AvgIpc) is 3.35. The van der Waals surface area contributed by atoms with E-state index in [9.17, 15) is 33.5 Å². The van der Waals surface area contributed by atoms with Crippen molar-refractivity contribution in [2.24, 2.45) is 0 Å². The predicted octanol–water partition coefficient (Wildman–Crippen LogP) is 0.186. The fraction of sp³-hybridized carbons (Fsp3) is 0.435. The zero-order valence-electron chi connectivity index (χ0n) is 18.1. The zero-order chi connectivity index (χ0) is 24.4. The number of halogens is 1. The summed E-state index contributed by atoms with van der Waals surface area (Å²) in [5, 5.41) is 12.4. The van der Waals surface area contributed by atoms with Crippen LogP contribution in [0, 0.1) is 5.82 Å². The van der Waals surface area contributed by atoms with Gasteiger partial charge in [-0.05, 0) is 43.9 Å². The van der Waals surface area contributed by atoms with Crippen LogP contribution in [0.3, 0.4) is 0 Å². The molecular formula is C23H24FN3O7. The molecule has 0 aromatic heterocycles. The summed E-state index contributed by atoms with van der Waals surface area (Å²) >= 11 is 0. The van der Waals surface area contributed by atoms with E-state index in [0.717, 1.165) is 11.0 Å². The van der Waals surface area contributed by atoms with Gasteiger partial charge >= 0.3 is 5.97 Å². The first-order chi connectivity index (χ1) is 16.3. The second-order valence-corrected chi connectivity index (χ2v) is 8.46. The molecule has 10 nitrogen and oxygen atoms in total. The molecule has 1 aromatic carbocycles. The van der Waals surface area contributed by atoms with Gasteiger partial charge in [0.15, 0.2) is 0 Å². The number of carbonyl (C=O) groups excluding carboxylic acids is 5. The first-order valence-electron chi connectivity index (χ1n) is 11.0. The Morgan fingerprint density at radius 2 is 1.97 bits per heavy atom. The molecule has 0 radical (unpaired) electrons. The molecule has 3 aliphatic heterocycles. The van der Waals surface area contributed by atoms with Crippen molar-refractivity contribution in [3.63, 3.8) is 0 Å². The average molecular weight is 473 g/mol. The third kappa shape index (κ3) is 4.56. The molecule has 3 amide bonds. The maximum absolute atomic E-state index is 13.9. The second kappa shape index (κ2) is 9.72. The quantitative estimate of drug-likeness (QED) is 0.270. The van der Waals surface area contributed by atoms with E-state index in [1.807, 2.05) is 6.08 Å². The van der Waals surface area contributed by atoms with Gasteiger partial charge in [0.1, 0.15) is 23.9 Å². The van der Waals surface area contributed by atoms with Gasteiger partial charge in [-0.1, -0.05) is 18.2 Å². The molecule has 1 aromatic rings. The van der Waals surface area contributed by atoms with Crippen molar-refractivity contribution in [1.82, 2.24) is 10.2 Å². The number of esters is 1. The minimum atomic E-state index is -1.47. The Hall–Kier alpha value is -3.60. The Labute approximate surface area is 194 Å². The van der Waals surface area contributed by atoms with Gasteiger partial charge in [0.05, 0.1) is 6.42 Å². The second-order valence-electron chi connectivity index (χ2n) is 8.46. The Morgan fingerprint density at radius 1 is 1.21 bits per heavy atom. The number of anilines is 1. The molecule has 0 aliphatic carbocycles. The number of rotatable bonds is 5. The molecule has 3 aliphatic rings. The number of hydrogen-bond acceptors (Lipinski definition) is 7. The van der Waals surface area contributed by atoms with Crippen LogP contribution in [0.2, 0.25) is 0 Å². The van der Waals surface area contributed by atoms with Crippen LogP contribution in [0.1, 0.15) is 32.1 Å². The van der Waals surface area contributed by atoms with Crippen LogP contribution in [0.5, 0.6) is 0 Å². The van der Waals surface area contributed by atoms with Crippen molar-refractivity contribution in [2.45, 2.75) is 62.6 Å². The van der Waals surface area contributed by atoms with Crippen molar-refractivity contribution in [1.29, 1.82) is 0 Å². The van der Waals surface area contributed by atoms with Gasteiger partial charge in [0.25, 0.3) is 5.91 Å². The van der Waals surface area contributed by atoms with Crippen molar-refractivity contribution in [3.8, 4) is 0 Å². The predicted molar refractivity (Wildman–Crippen MR) is 114 cm³/mol. The summed E-state index contributed by atoms with van der Waals surface area (Å²) in [5.41, 5.74) is 0.0471. The molecule has 0 bridgehead atoms. The summed E-state index contributed by atoms with van der Waals surface area (Å²) < 4.78 is 18.5. The van der Waals surface area contributed by atoms with Gasteiger partial charge in [-0.25, -0.2) is 4.39 Å². The lowest BCUT2D eigenvalue weighted by Gasteiger charge is -2.37. The molecule has 11 heteroatoms. The Kier molecular flexibility index (Phi) is 6.73. The molecule has 2 N–H and O–H groups in total. The number of aliphatic hydroxyl groups is 1. The van der Waals surface area contributed by atoms with Gasteiger partial charge in [-0.2, -0.15) is 0 Å². The van der Waals surface area contributed by atoms with Crippen molar-refractivity contribution in [2.75, 3.05) is 4.90 Å². The van der Waals surface area contributed by atoms with E-state index in [1.54, 1.807) is 6.08 Å². The monoisotopic (exact) mass is 473 g/mol. The number of cyclic esters (lactones) is 1. The zero-order valence-corrected chi connectivity index (χ0v) is 18.1. The lowest BCUT2D eigenvalue weighted by atomic mass is 10.0. The number of ether oxygens (including phenoxy) is 1. The molecule has 4 rings (SSSR count). The normalized spacial score (nSPS) is 29.5. The van der Waals surface area contributed by atoms with E-state index >= 15 is 0 Å². The molecule has 34 heavy (non-hydrogen) atoms. The lowest BCUT2D eigenvalue weighted by molar-refractivity contribution is -0.155. The fourth-order valence-corrected chi connectivity index (χ4v) is 4.76. The Bertz CT molecular complexity index is 1050. The first-order valence-corrected chi connectivity index (χ1v) is 11.0. The number of nitrogens with zero attached hydrogens (tertiary/aromatic N) is 2. The molecule has 180 valence electrons. The highest BCUT2D eigenvalue weighted by molar-refractivity contribution is 6.31. The molecule has 0 spiro atoms. The van der Waals surface area contributed by atoms with E-state index in [1.165, 1.54) is 23.1 Å². The standard InChI is InChI=1S/C23H24FN3O7/c24-13-4-3-6-15(10-13)26(19(29)12-28)18-7-2-1-5-14-8-9-17(27(14)22(18)32)21(31)25-16-11-20(30)34-23(16)33/h1-4,6,10,12,14,16-18,23,33H,5,7-9,11H2,(H,25,31)/b2-1-/t14-,16?,17+,18+,23?/m1/s1. The van der Waals surface area contributed by atoms with Crippen LogP contribution >= 0.6 is 0 Å². The van der Waals surface area contributed by atoms with Crippen molar-refractivity contribution in [3.05, 3.63) is 42.2 Å². The summed E-state index contributed by atoms with van der Waals surface area (Å²) in [6.07, 6.45) is 3.39. The maximum atomic E-state index is 13.9. The Balaban J connectivity index is 1.63. The molecule has 3 heterocycles. The highest BCUT2D eigenvalue weighted by Crippen LogP contribution is 2.32. The van der Waals surface area contributed by atoms with E-state index in [-0.39, 0.29) is 30.9 Å². The van der Waals surface area contributed by atoms with E-state index in [2.05, 4.69) is 10.1 Å². The molecule has 2 fully saturated rings. The molecular weight excluding hydrogens is 449 g/mol. The third-order valence-corrected chi connectivity index (χ3v) is 6.33. The number of carbonyl (C=O) groups is 5. The van der Waals surface area contributed by atoms with Gasteiger partial charge in [0, 0.05) is 11.7 Å². The maximum Gasteiger partial charge on any atom is 0.310 e. The van der Waals surface area contributed by atoms with Gasteiger partial charge in [0.2, 0.25) is 24.4 Å². The summed E-state index contributed by atoms with van der Waals surface area (Å²) in [4.78, 5) is 64.5. The van der Waals surface area contributed by atoms with E-state index < -0.39 is 53.9 Å². The summed E-state index contributed by atoms with van der Waals surface area (Å²) in [6.45, 7) is 0. The van der Waals surface area contributed by atoms with Crippen LogP contribution in [-0.4, -0.2) is 70.4 Å². The van der Waals surface area contributed by atoms with Crippen LogP contribution in [-0.2, 0) is 28.7 Å². The fourth-order valence-electron chi connectivity index (χ4n) is 4.76. The highest BCUT2D eigenvalue weighted by Gasteiger charge is 2.46. The molecule has 2 unspecified atom stereocenters. The van der Waals surface area contributed by atoms with Gasteiger partial charge in [-0.3, -0.25) is 28.9 Å². The summed E-state index contributed by atoms with van der Waals surface area (Å²) in [5.74, 6) is -3.41. The van der Waals surface area contributed by atoms with Crippen molar-refractivity contribution >= 4 is 35.7 Å². The minimum Gasteiger partial charge on any atom is -0.434 e. The van der Waals surface area contributed by atoms with Gasteiger partial charge < -0.3 is 20.1 Å². The van der Waals surface area contributed by atoms with Crippen LogP contribution in [0.25, 0.3) is 0 Å². The third-order valence-electron chi connectivity index (χ3n) is 6.33. The number of aldehydes is 1. The van der Waals surface area contributed by atoms with E-state index in [0.29, 0.717) is 19.3 Å². The number of benzene rings is 1. The summed E-state index contributed by atoms with van der Waals surface area (Å²) in [6, 6.07) is 1.68. The van der Waals surface area contributed by atoms with Crippen LogP contribution < -0.4 is 10.2 Å². The van der Waals surface area contributed by atoms with Crippen LogP contribution in [0.4, 0.5) is 10.1 Å². The largest absolute Gasteiger partial charge is 0.434 e. The number of fused-ring (bicyclic) bond motifs is 1. The Morgan fingerprint density at radius 3 is 2.65 bits per heavy atom. The van der Waals surface area contributed by atoms with Crippen molar-refractivity contribution < 1.29 is 38.2 Å². The number of amides is 3. The smallest absolute Gasteiger partial charge is 0.310 e. The number of nitrogens with one attached hydrogen (secondary N) is 1. The summed E-state index contributed by atoms with van der Waals surface area (Å²) in [7, 11) is 0. The number of hydrogen-bond donors (Lipinski definition) is 2. The minimum absolute atomic E-state index is 0.0471. The molecule has 5 atom stereocenters. The SMILES string of the molecule is O=CC(=O)N(c1cccc(F)c1)[C@H]1C/C=C\C[C@@H]2CC[C@@H](C(=O)NC3CC(=O)OC3O)N2C1=O. The lowest BCUT2D eigenvalue weighted by Crippen LogP contribution is -2.58. The highest BCUT2D eigenvalue weighted by atomic mass is 19.1. The van der Waals surface area contributed by atoms with E-state index in [4.69, 9.17) is 0 Å². The van der Waals surface area contributed by atoms with Gasteiger partial charge in [-0.15, -0.1) is 0 Å². The molecule has 0 saturated carbocycles. The first kappa shape index (κ1) is 23.6. The topological polar surface area (TPSA) is 133 Å². The number of aliphatic hydroxyl groups excluding tert-OH is 1.